The van der Waals surface area contributed by atoms with Crippen LogP contribution in [0.1, 0.15) is 46.0 Å². The van der Waals surface area contributed by atoms with Gasteiger partial charge in [0.2, 0.25) is 0 Å². The van der Waals surface area contributed by atoms with E-state index in [1.54, 1.807) is 6.92 Å². The maximum atomic E-state index is 11.2. The first-order valence-corrected chi connectivity index (χ1v) is 5.61. The zero-order valence-corrected chi connectivity index (χ0v) is 9.77. The predicted octanol–water partition coefficient (Wildman–Crippen LogP) is 3.39. The van der Waals surface area contributed by atoms with Crippen LogP contribution in [0.3, 0.4) is 0 Å². The SMILES string of the molecule is C=C(C)C(=O)OCC(C)=C1CCCCC1. The maximum Gasteiger partial charge on any atom is 0.333 e. The predicted molar refractivity (Wildman–Crippen MR) is 61.6 cm³/mol. The molecule has 2 heteroatoms. The van der Waals surface area contributed by atoms with Crippen LogP contribution in [0.4, 0.5) is 0 Å². The molecule has 0 heterocycles. The van der Waals surface area contributed by atoms with Crippen LogP contribution >= 0.6 is 0 Å². The molecule has 0 spiro atoms. The Morgan fingerprint density at radius 1 is 1.27 bits per heavy atom. The fourth-order valence-electron chi connectivity index (χ4n) is 1.80. The Hall–Kier alpha value is -1.05. The highest BCUT2D eigenvalue weighted by molar-refractivity contribution is 5.87. The summed E-state index contributed by atoms with van der Waals surface area (Å²) in [5.74, 6) is -0.286. The van der Waals surface area contributed by atoms with E-state index in [-0.39, 0.29) is 5.97 Å². The number of carbonyl (C=O) groups excluding carboxylic acids is 1. The molecule has 1 aliphatic rings. The number of hydrogen-bond acceptors (Lipinski definition) is 2. The number of rotatable bonds is 3. The summed E-state index contributed by atoms with van der Waals surface area (Å²) < 4.78 is 5.12. The Balaban J connectivity index is 2.43. The molecule has 15 heavy (non-hydrogen) atoms. The second-order valence-electron chi connectivity index (χ2n) is 4.30. The van der Waals surface area contributed by atoms with Gasteiger partial charge in [0.25, 0.3) is 0 Å². The largest absolute Gasteiger partial charge is 0.458 e. The van der Waals surface area contributed by atoms with Crippen molar-refractivity contribution in [1.82, 2.24) is 0 Å². The molecular weight excluding hydrogens is 188 g/mol. The molecule has 0 atom stereocenters. The average Bonchev–Trinajstić information content (AvgIpc) is 2.26. The third-order valence-corrected chi connectivity index (χ3v) is 2.83. The van der Waals surface area contributed by atoms with Gasteiger partial charge in [-0.2, -0.15) is 0 Å². The van der Waals surface area contributed by atoms with Crippen molar-refractivity contribution in [3.8, 4) is 0 Å². The molecule has 0 aromatic rings. The summed E-state index contributed by atoms with van der Waals surface area (Å²) in [4.78, 5) is 11.2. The van der Waals surface area contributed by atoms with E-state index in [4.69, 9.17) is 4.74 Å². The van der Waals surface area contributed by atoms with Crippen molar-refractivity contribution in [2.75, 3.05) is 6.61 Å². The maximum absolute atomic E-state index is 11.2. The first-order chi connectivity index (χ1) is 7.11. The van der Waals surface area contributed by atoms with Crippen molar-refractivity contribution in [1.29, 1.82) is 0 Å². The van der Waals surface area contributed by atoms with Crippen molar-refractivity contribution in [2.24, 2.45) is 0 Å². The number of esters is 1. The van der Waals surface area contributed by atoms with Crippen LogP contribution in [0.25, 0.3) is 0 Å². The Kier molecular flexibility index (Phi) is 4.60. The smallest absolute Gasteiger partial charge is 0.333 e. The van der Waals surface area contributed by atoms with Gasteiger partial charge in [0.05, 0.1) is 0 Å². The Morgan fingerprint density at radius 2 is 1.87 bits per heavy atom. The van der Waals surface area contributed by atoms with Gasteiger partial charge in [-0.3, -0.25) is 0 Å². The summed E-state index contributed by atoms with van der Waals surface area (Å²) in [5.41, 5.74) is 3.18. The monoisotopic (exact) mass is 208 g/mol. The molecule has 1 fully saturated rings. The molecule has 1 rings (SSSR count). The standard InChI is InChI=1S/C13H20O2/c1-10(2)13(14)15-9-11(3)12-7-5-4-6-8-12/h1,4-9H2,2-3H3. The summed E-state index contributed by atoms with van der Waals surface area (Å²) >= 11 is 0. The molecule has 0 amide bonds. The molecular formula is C13H20O2. The van der Waals surface area contributed by atoms with E-state index >= 15 is 0 Å². The molecule has 1 aliphatic carbocycles. The lowest BCUT2D eigenvalue weighted by atomic mass is 9.92. The zero-order chi connectivity index (χ0) is 11.3. The molecule has 0 saturated heterocycles. The van der Waals surface area contributed by atoms with Gasteiger partial charge in [-0.1, -0.05) is 18.6 Å². The van der Waals surface area contributed by atoms with Crippen molar-refractivity contribution in [2.45, 2.75) is 46.0 Å². The van der Waals surface area contributed by atoms with Gasteiger partial charge in [-0.15, -0.1) is 0 Å². The molecule has 0 bridgehead atoms. The lowest BCUT2D eigenvalue weighted by molar-refractivity contribution is -0.138. The number of carbonyl (C=O) groups is 1. The van der Waals surface area contributed by atoms with Gasteiger partial charge in [0, 0.05) is 5.57 Å². The third kappa shape index (κ3) is 3.90. The molecule has 1 saturated carbocycles. The average molecular weight is 208 g/mol. The first kappa shape index (κ1) is 12.0. The van der Waals surface area contributed by atoms with E-state index < -0.39 is 0 Å². The van der Waals surface area contributed by atoms with Crippen LogP contribution in [-0.4, -0.2) is 12.6 Å². The van der Waals surface area contributed by atoms with Gasteiger partial charge in [0.1, 0.15) is 6.61 Å². The second kappa shape index (κ2) is 5.74. The summed E-state index contributed by atoms with van der Waals surface area (Å²) in [6, 6.07) is 0. The van der Waals surface area contributed by atoms with E-state index in [1.165, 1.54) is 43.3 Å². The summed E-state index contributed by atoms with van der Waals surface area (Å²) in [5, 5.41) is 0. The lowest BCUT2D eigenvalue weighted by Crippen LogP contribution is -2.09. The second-order valence-corrected chi connectivity index (χ2v) is 4.30. The van der Waals surface area contributed by atoms with Crippen LogP contribution in [0.15, 0.2) is 23.3 Å². The van der Waals surface area contributed by atoms with Gasteiger partial charge in [0.15, 0.2) is 0 Å². The van der Waals surface area contributed by atoms with E-state index in [0.717, 1.165) is 0 Å². The fourth-order valence-corrected chi connectivity index (χ4v) is 1.80. The molecule has 0 aliphatic heterocycles. The Morgan fingerprint density at radius 3 is 2.40 bits per heavy atom. The van der Waals surface area contributed by atoms with Crippen LogP contribution in [0, 0.1) is 0 Å². The molecule has 0 N–H and O–H groups in total. The number of hydrogen-bond donors (Lipinski definition) is 0. The van der Waals surface area contributed by atoms with Crippen molar-refractivity contribution in [3.63, 3.8) is 0 Å². The highest BCUT2D eigenvalue weighted by Crippen LogP contribution is 2.25. The van der Waals surface area contributed by atoms with Gasteiger partial charge in [-0.05, 0) is 45.1 Å². The highest BCUT2D eigenvalue weighted by Gasteiger charge is 2.10. The summed E-state index contributed by atoms with van der Waals surface area (Å²) in [6.45, 7) is 7.72. The van der Waals surface area contributed by atoms with E-state index in [2.05, 4.69) is 13.5 Å². The normalized spacial score (nSPS) is 16.0. The van der Waals surface area contributed by atoms with Crippen LogP contribution in [0.5, 0.6) is 0 Å². The minimum absolute atomic E-state index is 0.286. The quantitative estimate of drug-likeness (QED) is 0.404. The molecule has 0 radical (unpaired) electrons. The molecule has 0 aromatic carbocycles. The van der Waals surface area contributed by atoms with E-state index in [1.807, 2.05) is 0 Å². The third-order valence-electron chi connectivity index (χ3n) is 2.83. The lowest BCUT2D eigenvalue weighted by Gasteiger charge is -2.17. The van der Waals surface area contributed by atoms with Crippen LogP contribution in [-0.2, 0) is 9.53 Å². The van der Waals surface area contributed by atoms with E-state index in [9.17, 15) is 4.79 Å². The molecule has 0 unspecified atom stereocenters. The first-order valence-electron chi connectivity index (χ1n) is 5.61. The Bertz CT molecular complexity index is 279. The fraction of sp³-hybridized carbons (Fsp3) is 0.615. The summed E-state index contributed by atoms with van der Waals surface area (Å²) in [7, 11) is 0. The van der Waals surface area contributed by atoms with Gasteiger partial charge in [-0.25, -0.2) is 4.79 Å². The van der Waals surface area contributed by atoms with Crippen LogP contribution in [0.2, 0.25) is 0 Å². The minimum Gasteiger partial charge on any atom is -0.458 e. The Labute approximate surface area is 92.0 Å². The van der Waals surface area contributed by atoms with Crippen molar-refractivity contribution in [3.05, 3.63) is 23.3 Å². The van der Waals surface area contributed by atoms with Gasteiger partial charge < -0.3 is 4.74 Å². The van der Waals surface area contributed by atoms with Crippen LogP contribution < -0.4 is 0 Å². The topological polar surface area (TPSA) is 26.3 Å². The van der Waals surface area contributed by atoms with Crippen molar-refractivity contribution < 1.29 is 9.53 Å². The van der Waals surface area contributed by atoms with Crippen molar-refractivity contribution >= 4 is 5.97 Å². The van der Waals surface area contributed by atoms with Gasteiger partial charge >= 0.3 is 5.97 Å². The summed E-state index contributed by atoms with van der Waals surface area (Å²) in [6.07, 6.45) is 6.25. The number of ether oxygens (including phenoxy) is 1. The molecule has 2 nitrogen and oxygen atoms in total. The molecule has 0 aromatic heterocycles. The molecule has 84 valence electrons. The highest BCUT2D eigenvalue weighted by atomic mass is 16.5. The number of allylic oxidation sites excluding steroid dienone is 1. The minimum atomic E-state index is -0.286. The zero-order valence-electron chi connectivity index (χ0n) is 9.77. The van der Waals surface area contributed by atoms with E-state index in [0.29, 0.717) is 12.2 Å².